The Morgan fingerprint density at radius 2 is 2.03 bits per heavy atom. The summed E-state index contributed by atoms with van der Waals surface area (Å²) in [5.41, 5.74) is 0.488. The summed E-state index contributed by atoms with van der Waals surface area (Å²) >= 11 is 8.14. The molecule has 2 aromatic rings. The molecule has 8 nitrogen and oxygen atoms in total. The van der Waals surface area contributed by atoms with Crippen LogP contribution in [0.25, 0.3) is 0 Å². The van der Waals surface area contributed by atoms with Gasteiger partial charge in [-0.25, -0.2) is 0 Å². The number of nitrogens with one attached hydrogen (secondary N) is 1. The molecular formula is C19H15ClN4O4S2. The maximum absolute atomic E-state index is 13.0. The van der Waals surface area contributed by atoms with Crippen LogP contribution < -0.4 is 5.32 Å². The second-order valence-corrected chi connectivity index (χ2v) is 8.93. The van der Waals surface area contributed by atoms with E-state index in [-0.39, 0.29) is 29.9 Å². The number of halogens is 1. The fourth-order valence-electron chi connectivity index (χ4n) is 2.82. The van der Waals surface area contributed by atoms with Gasteiger partial charge in [-0.2, -0.15) is 0 Å². The van der Waals surface area contributed by atoms with Crippen LogP contribution in [0.15, 0.2) is 57.3 Å². The third-order valence-corrected chi connectivity index (χ3v) is 6.49. The van der Waals surface area contributed by atoms with Crippen LogP contribution >= 0.6 is 35.1 Å². The lowest BCUT2D eigenvalue weighted by molar-refractivity contribution is -0.126. The van der Waals surface area contributed by atoms with Gasteiger partial charge < -0.3 is 9.73 Å². The predicted octanol–water partition coefficient (Wildman–Crippen LogP) is 3.78. The zero-order valence-electron chi connectivity index (χ0n) is 15.4. The highest BCUT2D eigenvalue weighted by Crippen LogP contribution is 2.32. The molecule has 0 radical (unpaired) electrons. The number of rotatable bonds is 6. The lowest BCUT2D eigenvalue weighted by Crippen LogP contribution is -2.32. The number of carbonyl (C=O) groups is 3. The Hall–Kier alpha value is -2.56. The zero-order chi connectivity index (χ0) is 21.1. The number of benzene rings is 1. The number of Topliss-reactive ketones (excluding diaryl/α,β-unsaturated/α-hetero) is 1. The van der Waals surface area contributed by atoms with Crippen molar-refractivity contribution < 1.29 is 18.8 Å². The maximum Gasteiger partial charge on any atom is 0.284 e. The average Bonchev–Trinajstić information content (AvgIpc) is 3.45. The van der Waals surface area contributed by atoms with Gasteiger partial charge in [0.2, 0.25) is 5.91 Å². The van der Waals surface area contributed by atoms with E-state index in [1.54, 1.807) is 36.4 Å². The minimum Gasteiger partial charge on any atom is -0.467 e. The number of amides is 2. The summed E-state index contributed by atoms with van der Waals surface area (Å²) in [5.74, 6) is 0.984. The smallest absolute Gasteiger partial charge is 0.284 e. The van der Waals surface area contributed by atoms with Crippen molar-refractivity contribution in [2.24, 2.45) is 10.2 Å². The van der Waals surface area contributed by atoms with Gasteiger partial charge >= 0.3 is 0 Å². The van der Waals surface area contributed by atoms with Crippen LogP contribution in [-0.2, 0) is 11.3 Å². The van der Waals surface area contributed by atoms with Crippen molar-refractivity contribution >= 4 is 63.1 Å². The summed E-state index contributed by atoms with van der Waals surface area (Å²) < 4.78 is 5.35. The van der Waals surface area contributed by atoms with Crippen LogP contribution in [0.4, 0.5) is 4.79 Å². The van der Waals surface area contributed by atoms with Gasteiger partial charge in [0.1, 0.15) is 11.6 Å². The highest BCUT2D eigenvalue weighted by Gasteiger charge is 2.40. The van der Waals surface area contributed by atoms with E-state index in [9.17, 15) is 14.4 Å². The number of hydrogen-bond donors (Lipinski definition) is 1. The summed E-state index contributed by atoms with van der Waals surface area (Å²) in [7, 11) is 0. The maximum atomic E-state index is 13.0. The molecule has 2 fully saturated rings. The van der Waals surface area contributed by atoms with Crippen molar-refractivity contribution in [1.29, 1.82) is 0 Å². The molecule has 2 amide bonds. The van der Waals surface area contributed by atoms with Gasteiger partial charge in [-0.3, -0.25) is 19.3 Å². The number of carbonyl (C=O) groups excluding carboxylic acids is 3. The number of amidine groups is 2. The summed E-state index contributed by atoms with van der Waals surface area (Å²) in [6.07, 6.45) is 1.54. The van der Waals surface area contributed by atoms with E-state index in [1.807, 2.05) is 0 Å². The van der Waals surface area contributed by atoms with E-state index in [0.717, 1.165) is 11.8 Å². The highest BCUT2D eigenvalue weighted by molar-refractivity contribution is 8.15. The van der Waals surface area contributed by atoms with E-state index in [0.29, 0.717) is 33.1 Å². The first-order valence-electron chi connectivity index (χ1n) is 8.87. The standard InChI is InChI=1S/C19H15ClN4O4S2/c20-12-5-3-11(4-6-12)14(25)8-15-17(26)24(9-13-2-1-7-28-13)18(30-15)23-22-16-10-29-19(27)21-16/h1-7,15H,8-10H2,(H,21,22,27)/b23-18+. The van der Waals surface area contributed by atoms with E-state index >= 15 is 0 Å². The molecule has 3 heterocycles. The monoisotopic (exact) mass is 462 g/mol. The largest absolute Gasteiger partial charge is 0.467 e. The first-order valence-corrected chi connectivity index (χ1v) is 11.1. The second-order valence-electron chi connectivity index (χ2n) is 6.37. The Labute approximate surface area is 185 Å². The van der Waals surface area contributed by atoms with Crippen LogP contribution in [0.3, 0.4) is 0 Å². The summed E-state index contributed by atoms with van der Waals surface area (Å²) in [6, 6.07) is 10.0. The SMILES string of the molecule is O=C1N/C(=N/N=C2/SC(CC(=O)c3ccc(Cl)cc3)C(=O)N2Cc2ccco2)CS1. The summed E-state index contributed by atoms with van der Waals surface area (Å²) in [5, 5.41) is 10.9. The molecule has 2 aliphatic heterocycles. The molecule has 1 aromatic carbocycles. The molecule has 2 aliphatic rings. The molecule has 0 aliphatic carbocycles. The topological polar surface area (TPSA) is 104 Å². The third-order valence-electron chi connectivity index (χ3n) is 4.29. The predicted molar refractivity (Wildman–Crippen MR) is 117 cm³/mol. The minimum atomic E-state index is -0.630. The first-order chi connectivity index (χ1) is 14.5. The number of hydrogen-bond acceptors (Lipinski definition) is 8. The molecule has 1 unspecified atom stereocenters. The fraction of sp³-hybridized carbons (Fsp3) is 0.211. The van der Waals surface area contributed by atoms with E-state index in [4.69, 9.17) is 16.0 Å². The quantitative estimate of drug-likeness (QED) is 0.517. The van der Waals surface area contributed by atoms with Crippen LogP contribution in [-0.4, -0.2) is 43.8 Å². The van der Waals surface area contributed by atoms with Gasteiger partial charge in [-0.1, -0.05) is 35.1 Å². The normalized spacial score (nSPS) is 21.6. The Bertz CT molecular complexity index is 1040. The van der Waals surface area contributed by atoms with E-state index in [1.165, 1.54) is 22.9 Å². The van der Waals surface area contributed by atoms with Crippen LogP contribution in [0, 0.1) is 0 Å². The number of furan rings is 1. The number of nitrogens with zero attached hydrogens (tertiary/aromatic N) is 3. The molecule has 2 saturated heterocycles. The third kappa shape index (κ3) is 4.77. The van der Waals surface area contributed by atoms with Crippen LogP contribution in [0.2, 0.25) is 5.02 Å². The second kappa shape index (κ2) is 9.07. The van der Waals surface area contributed by atoms with Crippen molar-refractivity contribution in [2.45, 2.75) is 18.2 Å². The Balaban J connectivity index is 1.53. The van der Waals surface area contributed by atoms with Gasteiger partial charge in [0.15, 0.2) is 11.0 Å². The van der Waals surface area contributed by atoms with E-state index in [2.05, 4.69) is 15.5 Å². The average molecular weight is 463 g/mol. The van der Waals surface area contributed by atoms with Crippen molar-refractivity contribution in [2.75, 3.05) is 5.75 Å². The van der Waals surface area contributed by atoms with Gasteiger partial charge in [-0.15, -0.1) is 10.2 Å². The Kier molecular flexibility index (Phi) is 6.26. The van der Waals surface area contributed by atoms with Gasteiger partial charge in [0.05, 0.1) is 23.8 Å². The molecule has 11 heteroatoms. The molecular weight excluding hydrogens is 448 g/mol. The van der Waals surface area contributed by atoms with Crippen LogP contribution in [0.1, 0.15) is 22.5 Å². The molecule has 1 aromatic heterocycles. The molecule has 0 spiro atoms. The van der Waals surface area contributed by atoms with Gasteiger partial charge in [0, 0.05) is 17.0 Å². The molecule has 0 saturated carbocycles. The minimum absolute atomic E-state index is 0.0158. The van der Waals surface area contributed by atoms with E-state index < -0.39 is 5.25 Å². The molecule has 154 valence electrons. The number of thioether (sulfide) groups is 2. The molecule has 0 bridgehead atoms. The summed E-state index contributed by atoms with van der Waals surface area (Å²) in [4.78, 5) is 38.4. The highest BCUT2D eigenvalue weighted by atomic mass is 35.5. The summed E-state index contributed by atoms with van der Waals surface area (Å²) in [6.45, 7) is 0.176. The van der Waals surface area contributed by atoms with Crippen LogP contribution in [0.5, 0.6) is 0 Å². The zero-order valence-corrected chi connectivity index (χ0v) is 17.8. The van der Waals surface area contributed by atoms with Gasteiger partial charge in [0.25, 0.3) is 5.24 Å². The Morgan fingerprint density at radius 1 is 1.23 bits per heavy atom. The first kappa shape index (κ1) is 20.7. The van der Waals surface area contributed by atoms with Crippen molar-refractivity contribution in [3.05, 3.63) is 59.0 Å². The molecule has 4 rings (SSSR count). The molecule has 1 atom stereocenters. The molecule has 1 N–H and O–H groups in total. The van der Waals surface area contributed by atoms with Crippen molar-refractivity contribution in [1.82, 2.24) is 10.2 Å². The number of ketones is 1. The van der Waals surface area contributed by atoms with Gasteiger partial charge in [-0.05, 0) is 36.4 Å². The lowest BCUT2D eigenvalue weighted by Gasteiger charge is -2.14. The fourth-order valence-corrected chi connectivity index (χ4v) is 4.62. The lowest BCUT2D eigenvalue weighted by atomic mass is 10.1. The molecule has 30 heavy (non-hydrogen) atoms. The Morgan fingerprint density at radius 3 is 2.70 bits per heavy atom. The van der Waals surface area contributed by atoms with Crippen molar-refractivity contribution in [3.8, 4) is 0 Å². The van der Waals surface area contributed by atoms with Crippen molar-refractivity contribution in [3.63, 3.8) is 0 Å².